The maximum absolute atomic E-state index is 6.15. The van der Waals surface area contributed by atoms with Gasteiger partial charge in [-0.2, -0.15) is 0 Å². The fourth-order valence-electron chi connectivity index (χ4n) is 1.72. The molecule has 0 heterocycles. The lowest BCUT2D eigenvalue weighted by atomic mass is 10.0. The van der Waals surface area contributed by atoms with Crippen molar-refractivity contribution in [3.05, 3.63) is 63.6 Å². The van der Waals surface area contributed by atoms with Crippen LogP contribution in [-0.2, 0) is 6.42 Å². The molecule has 88 valence electrons. The van der Waals surface area contributed by atoms with Crippen LogP contribution in [0, 0.1) is 0 Å². The molecule has 0 aliphatic rings. The summed E-state index contributed by atoms with van der Waals surface area (Å²) in [5.74, 6) is 0. The first-order chi connectivity index (χ1) is 8.19. The number of halogens is 2. The molecule has 17 heavy (non-hydrogen) atoms. The summed E-state index contributed by atoms with van der Waals surface area (Å²) in [6, 6.07) is 13.9. The minimum absolute atomic E-state index is 0.669. The topological polar surface area (TPSA) is 12.0 Å². The molecule has 0 aliphatic carbocycles. The van der Waals surface area contributed by atoms with E-state index in [1.165, 1.54) is 5.56 Å². The van der Waals surface area contributed by atoms with Crippen LogP contribution < -0.4 is 5.32 Å². The van der Waals surface area contributed by atoms with Crippen LogP contribution in [0.25, 0.3) is 0 Å². The summed E-state index contributed by atoms with van der Waals surface area (Å²) < 4.78 is 0. The lowest BCUT2D eigenvalue weighted by molar-refractivity contribution is 1.19. The third-order valence-electron chi connectivity index (χ3n) is 2.63. The van der Waals surface area contributed by atoms with Gasteiger partial charge in [0.1, 0.15) is 0 Å². The van der Waals surface area contributed by atoms with E-state index < -0.39 is 0 Å². The van der Waals surface area contributed by atoms with Gasteiger partial charge in [-0.25, -0.2) is 0 Å². The zero-order valence-corrected chi connectivity index (χ0v) is 11.0. The van der Waals surface area contributed by atoms with E-state index in [1.807, 2.05) is 31.3 Å². The van der Waals surface area contributed by atoms with E-state index in [4.69, 9.17) is 23.2 Å². The van der Waals surface area contributed by atoms with Crippen molar-refractivity contribution in [1.29, 1.82) is 0 Å². The quantitative estimate of drug-likeness (QED) is 0.854. The van der Waals surface area contributed by atoms with E-state index >= 15 is 0 Å². The second-order valence-electron chi connectivity index (χ2n) is 3.86. The summed E-state index contributed by atoms with van der Waals surface area (Å²) in [5, 5.41) is 4.51. The Kier molecular flexibility index (Phi) is 3.93. The molecule has 0 unspecified atom stereocenters. The van der Waals surface area contributed by atoms with Crippen LogP contribution in [0.4, 0.5) is 5.69 Å². The summed E-state index contributed by atoms with van der Waals surface area (Å²) >= 11 is 12.0. The zero-order valence-electron chi connectivity index (χ0n) is 9.50. The van der Waals surface area contributed by atoms with Gasteiger partial charge in [0.15, 0.2) is 0 Å². The number of rotatable bonds is 3. The molecular weight excluding hydrogens is 253 g/mol. The second kappa shape index (κ2) is 5.44. The lowest BCUT2D eigenvalue weighted by Crippen LogP contribution is -1.92. The summed E-state index contributed by atoms with van der Waals surface area (Å²) in [4.78, 5) is 0. The largest absolute Gasteiger partial charge is 0.388 e. The van der Waals surface area contributed by atoms with Crippen molar-refractivity contribution >= 4 is 28.9 Å². The highest BCUT2D eigenvalue weighted by atomic mass is 35.5. The Morgan fingerprint density at radius 2 is 1.88 bits per heavy atom. The van der Waals surface area contributed by atoms with E-state index in [0.717, 1.165) is 17.7 Å². The smallest absolute Gasteiger partial charge is 0.0456 e. The highest BCUT2D eigenvalue weighted by Crippen LogP contribution is 2.24. The zero-order chi connectivity index (χ0) is 12.3. The minimum atomic E-state index is 0.669. The molecule has 0 spiro atoms. The van der Waals surface area contributed by atoms with E-state index in [2.05, 4.69) is 17.4 Å². The molecule has 0 aromatic heterocycles. The molecular formula is C14H13Cl2N. The number of nitrogens with one attached hydrogen (secondary N) is 1. The molecule has 0 saturated heterocycles. The number of benzene rings is 2. The fraction of sp³-hybridized carbons (Fsp3) is 0.143. The van der Waals surface area contributed by atoms with Crippen LogP contribution in [0.5, 0.6) is 0 Å². The molecule has 0 aliphatic heterocycles. The average Bonchev–Trinajstić information content (AvgIpc) is 2.33. The highest BCUT2D eigenvalue weighted by Gasteiger charge is 2.03. The normalized spacial score (nSPS) is 10.3. The Hall–Kier alpha value is -1.18. The molecule has 0 fully saturated rings. The predicted molar refractivity (Wildman–Crippen MR) is 75.3 cm³/mol. The molecule has 3 heteroatoms. The summed E-state index contributed by atoms with van der Waals surface area (Å²) in [7, 11) is 1.91. The van der Waals surface area contributed by atoms with Crippen LogP contribution in [-0.4, -0.2) is 7.05 Å². The second-order valence-corrected chi connectivity index (χ2v) is 4.71. The van der Waals surface area contributed by atoms with Crippen LogP contribution in [0.15, 0.2) is 42.5 Å². The van der Waals surface area contributed by atoms with E-state index in [9.17, 15) is 0 Å². The third kappa shape index (κ3) is 3.15. The maximum Gasteiger partial charge on any atom is 0.0456 e. The molecule has 2 aromatic carbocycles. The standard InChI is InChI=1S/C14H13Cl2N/c1-17-13-4-2-3-10(8-13)7-11-5-6-12(15)9-14(11)16/h2-6,8-9,17H,7H2,1H3. The Bertz CT molecular complexity index is 523. The van der Waals surface area contributed by atoms with E-state index in [-0.39, 0.29) is 0 Å². The number of hydrogen-bond donors (Lipinski definition) is 1. The molecule has 0 amide bonds. The van der Waals surface area contributed by atoms with Gasteiger partial charge in [-0.1, -0.05) is 41.4 Å². The first-order valence-electron chi connectivity index (χ1n) is 5.39. The van der Waals surface area contributed by atoms with Crippen molar-refractivity contribution in [2.24, 2.45) is 0 Å². The van der Waals surface area contributed by atoms with Gasteiger partial charge in [-0.3, -0.25) is 0 Å². The molecule has 1 N–H and O–H groups in total. The van der Waals surface area contributed by atoms with Gasteiger partial charge in [-0.05, 0) is 41.8 Å². The van der Waals surface area contributed by atoms with Gasteiger partial charge >= 0.3 is 0 Å². The molecule has 0 radical (unpaired) electrons. The van der Waals surface area contributed by atoms with Gasteiger partial charge in [0, 0.05) is 22.8 Å². The van der Waals surface area contributed by atoms with Gasteiger partial charge in [-0.15, -0.1) is 0 Å². The van der Waals surface area contributed by atoms with Crippen molar-refractivity contribution in [1.82, 2.24) is 0 Å². The van der Waals surface area contributed by atoms with Gasteiger partial charge in [0.2, 0.25) is 0 Å². The Labute approximate surface area is 111 Å². The van der Waals surface area contributed by atoms with Gasteiger partial charge in [0.05, 0.1) is 0 Å². The monoisotopic (exact) mass is 265 g/mol. The first-order valence-corrected chi connectivity index (χ1v) is 6.15. The minimum Gasteiger partial charge on any atom is -0.388 e. The third-order valence-corrected chi connectivity index (χ3v) is 3.21. The van der Waals surface area contributed by atoms with Gasteiger partial charge in [0.25, 0.3) is 0 Å². The molecule has 2 rings (SSSR count). The lowest BCUT2D eigenvalue weighted by Gasteiger charge is -2.07. The highest BCUT2D eigenvalue weighted by molar-refractivity contribution is 6.35. The van der Waals surface area contributed by atoms with Crippen LogP contribution in [0.2, 0.25) is 10.0 Å². The Balaban J connectivity index is 2.25. The van der Waals surface area contributed by atoms with Crippen LogP contribution in [0.3, 0.4) is 0 Å². The van der Waals surface area contributed by atoms with Crippen LogP contribution >= 0.6 is 23.2 Å². The summed E-state index contributed by atoms with van der Waals surface area (Å²) in [6.45, 7) is 0. The van der Waals surface area contributed by atoms with Crippen molar-refractivity contribution in [3.8, 4) is 0 Å². The summed E-state index contributed by atoms with van der Waals surface area (Å²) in [6.07, 6.45) is 0.811. The van der Waals surface area contributed by atoms with Crippen molar-refractivity contribution < 1.29 is 0 Å². The number of hydrogen-bond acceptors (Lipinski definition) is 1. The molecule has 0 atom stereocenters. The Morgan fingerprint density at radius 3 is 2.59 bits per heavy atom. The Morgan fingerprint density at radius 1 is 1.06 bits per heavy atom. The average molecular weight is 266 g/mol. The first kappa shape index (κ1) is 12.3. The van der Waals surface area contributed by atoms with Crippen molar-refractivity contribution in [2.45, 2.75) is 6.42 Å². The summed E-state index contributed by atoms with van der Waals surface area (Å²) in [5.41, 5.74) is 3.41. The van der Waals surface area contributed by atoms with E-state index in [0.29, 0.717) is 10.0 Å². The fourth-order valence-corrected chi connectivity index (χ4v) is 2.20. The molecule has 1 nitrogen and oxygen atoms in total. The number of anilines is 1. The maximum atomic E-state index is 6.15. The predicted octanol–water partition coefficient (Wildman–Crippen LogP) is 4.63. The molecule has 2 aromatic rings. The molecule has 0 bridgehead atoms. The van der Waals surface area contributed by atoms with Crippen molar-refractivity contribution in [3.63, 3.8) is 0 Å². The van der Waals surface area contributed by atoms with Crippen LogP contribution in [0.1, 0.15) is 11.1 Å². The SMILES string of the molecule is CNc1cccc(Cc2ccc(Cl)cc2Cl)c1. The van der Waals surface area contributed by atoms with E-state index in [1.54, 1.807) is 6.07 Å². The van der Waals surface area contributed by atoms with Crippen molar-refractivity contribution in [2.75, 3.05) is 12.4 Å². The molecule has 0 saturated carbocycles. The van der Waals surface area contributed by atoms with Gasteiger partial charge < -0.3 is 5.32 Å².